The minimum atomic E-state index is -0.0540. The topological polar surface area (TPSA) is 45.1 Å². The molecule has 1 aromatic carbocycles. The van der Waals surface area contributed by atoms with Crippen molar-refractivity contribution in [1.29, 1.82) is 0 Å². The first kappa shape index (κ1) is 11.9. The van der Waals surface area contributed by atoms with Crippen LogP contribution in [0.1, 0.15) is 11.3 Å². The van der Waals surface area contributed by atoms with Crippen LogP contribution in [0, 0.1) is 0 Å². The van der Waals surface area contributed by atoms with Crippen molar-refractivity contribution in [2.45, 2.75) is 13.2 Å². The smallest absolute Gasteiger partial charge is 0.126 e. The van der Waals surface area contributed by atoms with Gasteiger partial charge in [0.25, 0.3) is 0 Å². The zero-order valence-electron chi connectivity index (χ0n) is 9.23. The molecule has 4 heteroatoms. The summed E-state index contributed by atoms with van der Waals surface area (Å²) in [6.07, 6.45) is 0. The Morgan fingerprint density at radius 3 is 2.71 bits per heavy atom. The Labute approximate surface area is 105 Å². The molecule has 0 saturated heterocycles. The fourth-order valence-corrected chi connectivity index (χ4v) is 1.70. The van der Waals surface area contributed by atoms with Crippen molar-refractivity contribution < 1.29 is 5.11 Å². The van der Waals surface area contributed by atoms with Crippen molar-refractivity contribution in [3.8, 4) is 0 Å². The third kappa shape index (κ3) is 3.19. The second kappa shape index (κ2) is 5.66. The van der Waals surface area contributed by atoms with Crippen LogP contribution in [-0.2, 0) is 13.2 Å². The van der Waals surface area contributed by atoms with E-state index in [9.17, 15) is 0 Å². The van der Waals surface area contributed by atoms with E-state index in [1.165, 1.54) is 0 Å². The first-order valence-corrected chi connectivity index (χ1v) is 5.71. The number of benzene rings is 1. The zero-order valence-corrected chi connectivity index (χ0v) is 9.98. The highest BCUT2D eigenvalue weighted by Gasteiger charge is 2.00. The standard InChI is InChI=1S/C13H13ClN2O/c14-12-6-2-1-4-10(12)8-15-13-7-3-5-11(9-17)16-13/h1-7,17H,8-9H2,(H,15,16). The molecule has 0 aliphatic carbocycles. The highest BCUT2D eigenvalue weighted by molar-refractivity contribution is 6.31. The number of aliphatic hydroxyl groups excluding tert-OH is 1. The number of aliphatic hydroxyl groups is 1. The first-order chi connectivity index (χ1) is 8.29. The zero-order chi connectivity index (χ0) is 12.1. The van der Waals surface area contributed by atoms with Gasteiger partial charge in [-0.15, -0.1) is 0 Å². The molecule has 0 spiro atoms. The van der Waals surface area contributed by atoms with Crippen LogP contribution in [0.4, 0.5) is 5.82 Å². The fraction of sp³-hybridized carbons (Fsp3) is 0.154. The quantitative estimate of drug-likeness (QED) is 0.875. The molecule has 2 aromatic rings. The van der Waals surface area contributed by atoms with E-state index in [-0.39, 0.29) is 6.61 Å². The fourth-order valence-electron chi connectivity index (χ4n) is 1.49. The molecule has 3 nitrogen and oxygen atoms in total. The van der Waals surface area contributed by atoms with Gasteiger partial charge in [-0.3, -0.25) is 0 Å². The van der Waals surface area contributed by atoms with Crippen LogP contribution in [0.25, 0.3) is 0 Å². The largest absolute Gasteiger partial charge is 0.390 e. The van der Waals surface area contributed by atoms with Gasteiger partial charge in [-0.2, -0.15) is 0 Å². The normalized spacial score (nSPS) is 10.2. The van der Waals surface area contributed by atoms with Gasteiger partial charge in [-0.1, -0.05) is 35.9 Å². The Balaban J connectivity index is 2.05. The van der Waals surface area contributed by atoms with Crippen LogP contribution in [0.2, 0.25) is 5.02 Å². The molecule has 2 rings (SSSR count). The summed E-state index contributed by atoms with van der Waals surface area (Å²) >= 11 is 6.05. The molecular formula is C13H13ClN2O. The molecule has 0 bridgehead atoms. The minimum absolute atomic E-state index is 0.0540. The molecule has 1 heterocycles. The lowest BCUT2D eigenvalue weighted by atomic mass is 10.2. The number of anilines is 1. The minimum Gasteiger partial charge on any atom is -0.390 e. The number of nitrogens with one attached hydrogen (secondary N) is 1. The first-order valence-electron chi connectivity index (χ1n) is 5.33. The van der Waals surface area contributed by atoms with Crippen LogP contribution in [0.15, 0.2) is 42.5 Å². The Bertz CT molecular complexity index is 502. The molecule has 17 heavy (non-hydrogen) atoms. The SMILES string of the molecule is OCc1cccc(NCc2ccccc2Cl)n1. The van der Waals surface area contributed by atoms with Crippen LogP contribution in [0.3, 0.4) is 0 Å². The van der Waals surface area contributed by atoms with Crippen LogP contribution in [-0.4, -0.2) is 10.1 Å². The van der Waals surface area contributed by atoms with E-state index in [0.717, 1.165) is 16.4 Å². The Kier molecular flexibility index (Phi) is 3.96. The van der Waals surface area contributed by atoms with Gasteiger partial charge in [-0.05, 0) is 23.8 Å². The van der Waals surface area contributed by atoms with Crippen molar-refractivity contribution in [1.82, 2.24) is 4.98 Å². The summed E-state index contributed by atoms with van der Waals surface area (Å²) in [4.78, 5) is 4.23. The van der Waals surface area contributed by atoms with E-state index in [4.69, 9.17) is 16.7 Å². The predicted molar refractivity (Wildman–Crippen MR) is 68.9 cm³/mol. The number of halogens is 1. The highest BCUT2D eigenvalue weighted by atomic mass is 35.5. The van der Waals surface area contributed by atoms with Crippen LogP contribution >= 0.6 is 11.6 Å². The summed E-state index contributed by atoms with van der Waals surface area (Å²) in [6.45, 7) is 0.559. The Morgan fingerprint density at radius 1 is 1.12 bits per heavy atom. The molecule has 0 radical (unpaired) electrons. The van der Waals surface area contributed by atoms with Crippen molar-refractivity contribution >= 4 is 17.4 Å². The van der Waals surface area contributed by atoms with Gasteiger partial charge in [0.05, 0.1) is 12.3 Å². The lowest BCUT2D eigenvalue weighted by molar-refractivity contribution is 0.277. The molecule has 0 fully saturated rings. The summed E-state index contributed by atoms with van der Waals surface area (Å²) in [7, 11) is 0. The van der Waals surface area contributed by atoms with Gasteiger partial charge in [-0.25, -0.2) is 4.98 Å². The van der Waals surface area contributed by atoms with Gasteiger partial charge in [0.15, 0.2) is 0 Å². The molecule has 0 aliphatic rings. The number of nitrogens with zero attached hydrogens (tertiary/aromatic N) is 1. The second-order valence-electron chi connectivity index (χ2n) is 3.62. The lowest BCUT2D eigenvalue weighted by Crippen LogP contribution is -2.03. The van der Waals surface area contributed by atoms with Crippen LogP contribution in [0.5, 0.6) is 0 Å². The third-order valence-electron chi connectivity index (χ3n) is 2.39. The maximum absolute atomic E-state index is 8.98. The Hall–Kier alpha value is -1.58. The molecule has 1 aromatic heterocycles. The second-order valence-corrected chi connectivity index (χ2v) is 4.02. The summed E-state index contributed by atoms with van der Waals surface area (Å²) in [5, 5.41) is 12.9. The summed E-state index contributed by atoms with van der Waals surface area (Å²) in [6, 6.07) is 13.2. The van der Waals surface area contributed by atoms with E-state index in [1.807, 2.05) is 36.4 Å². The molecule has 0 amide bonds. The number of hydrogen-bond acceptors (Lipinski definition) is 3. The van der Waals surface area contributed by atoms with Crippen molar-refractivity contribution in [2.75, 3.05) is 5.32 Å². The van der Waals surface area contributed by atoms with Crippen LogP contribution < -0.4 is 5.32 Å². The molecular weight excluding hydrogens is 236 g/mol. The number of rotatable bonds is 4. The maximum atomic E-state index is 8.98. The molecule has 88 valence electrons. The average molecular weight is 249 g/mol. The maximum Gasteiger partial charge on any atom is 0.126 e. The average Bonchev–Trinajstić information content (AvgIpc) is 2.38. The van der Waals surface area contributed by atoms with E-state index < -0.39 is 0 Å². The third-order valence-corrected chi connectivity index (χ3v) is 2.76. The summed E-state index contributed by atoms with van der Waals surface area (Å²) < 4.78 is 0. The van der Waals surface area contributed by atoms with Gasteiger partial charge >= 0.3 is 0 Å². The number of aromatic nitrogens is 1. The lowest BCUT2D eigenvalue weighted by Gasteiger charge is -2.07. The Morgan fingerprint density at radius 2 is 1.94 bits per heavy atom. The van der Waals surface area contributed by atoms with Gasteiger partial charge in [0.2, 0.25) is 0 Å². The van der Waals surface area contributed by atoms with Gasteiger partial charge < -0.3 is 10.4 Å². The molecule has 0 aliphatic heterocycles. The van der Waals surface area contributed by atoms with Crippen molar-refractivity contribution in [3.63, 3.8) is 0 Å². The van der Waals surface area contributed by atoms with E-state index in [2.05, 4.69) is 10.3 Å². The van der Waals surface area contributed by atoms with E-state index in [1.54, 1.807) is 6.07 Å². The molecule has 0 unspecified atom stereocenters. The van der Waals surface area contributed by atoms with E-state index in [0.29, 0.717) is 12.2 Å². The molecule has 0 atom stereocenters. The predicted octanol–water partition coefficient (Wildman–Crippen LogP) is 2.84. The van der Waals surface area contributed by atoms with Crippen molar-refractivity contribution in [3.05, 3.63) is 58.7 Å². The highest BCUT2D eigenvalue weighted by Crippen LogP contribution is 2.16. The number of hydrogen-bond donors (Lipinski definition) is 2. The van der Waals surface area contributed by atoms with Gasteiger partial charge in [0, 0.05) is 11.6 Å². The molecule has 0 saturated carbocycles. The van der Waals surface area contributed by atoms with E-state index >= 15 is 0 Å². The van der Waals surface area contributed by atoms with Gasteiger partial charge in [0.1, 0.15) is 5.82 Å². The van der Waals surface area contributed by atoms with Crippen molar-refractivity contribution in [2.24, 2.45) is 0 Å². The number of pyridine rings is 1. The summed E-state index contributed by atoms with van der Waals surface area (Å²) in [5.41, 5.74) is 1.67. The molecule has 2 N–H and O–H groups in total. The summed E-state index contributed by atoms with van der Waals surface area (Å²) in [5.74, 6) is 0.733. The monoisotopic (exact) mass is 248 g/mol.